The number of anilines is 1. The van der Waals surface area contributed by atoms with Crippen LogP contribution in [0.4, 0.5) is 5.69 Å². The number of benzene rings is 3. The van der Waals surface area contributed by atoms with Gasteiger partial charge in [-0.05, 0) is 53.8 Å². The lowest BCUT2D eigenvalue weighted by Crippen LogP contribution is -2.10. The summed E-state index contributed by atoms with van der Waals surface area (Å²) < 4.78 is 5.13. The van der Waals surface area contributed by atoms with E-state index in [1.807, 2.05) is 36.4 Å². The average Bonchev–Trinajstić information content (AvgIpc) is 2.75. The molecule has 3 aromatic rings. The van der Waals surface area contributed by atoms with E-state index in [1.165, 1.54) is 16.7 Å². The second-order valence-corrected chi connectivity index (χ2v) is 6.52. The van der Waals surface area contributed by atoms with Gasteiger partial charge < -0.3 is 10.1 Å². The maximum atomic E-state index is 12.2. The van der Waals surface area contributed by atoms with Crippen LogP contribution in [0.15, 0.2) is 91.0 Å². The Morgan fingerprint density at radius 3 is 1.96 bits per heavy atom. The van der Waals surface area contributed by atoms with E-state index in [9.17, 15) is 4.79 Å². The Balaban J connectivity index is 1.58. The fraction of sp³-hybridized carbons (Fsp3) is 0.160. The van der Waals surface area contributed by atoms with Crippen LogP contribution in [0.3, 0.4) is 0 Å². The number of amides is 1. The molecule has 0 bridgehead atoms. The highest BCUT2D eigenvalue weighted by Gasteiger charge is 2.05. The van der Waals surface area contributed by atoms with Gasteiger partial charge in [-0.1, -0.05) is 66.7 Å². The molecule has 0 aliphatic carbocycles. The second kappa shape index (κ2) is 10.1. The minimum absolute atomic E-state index is 0.0274. The number of hydrogen-bond donors (Lipinski definition) is 1. The van der Waals surface area contributed by atoms with Crippen molar-refractivity contribution in [3.8, 4) is 5.75 Å². The Hall–Kier alpha value is -3.33. The molecule has 0 fully saturated rings. The number of carbonyl (C=O) groups is 1. The zero-order valence-corrected chi connectivity index (χ0v) is 16.1. The molecule has 3 nitrogen and oxygen atoms in total. The van der Waals surface area contributed by atoms with Gasteiger partial charge in [0.15, 0.2) is 0 Å². The SMILES string of the molecule is COc1ccc(NC(=O)CCCC=C(c2ccccc2)c2ccccc2)cc1. The van der Waals surface area contributed by atoms with Crippen LogP contribution in [-0.4, -0.2) is 13.0 Å². The van der Waals surface area contributed by atoms with Gasteiger partial charge in [-0.15, -0.1) is 0 Å². The molecule has 0 aliphatic rings. The molecule has 0 saturated heterocycles. The van der Waals surface area contributed by atoms with Crippen molar-refractivity contribution in [3.63, 3.8) is 0 Å². The van der Waals surface area contributed by atoms with Crippen molar-refractivity contribution >= 4 is 17.2 Å². The van der Waals surface area contributed by atoms with Crippen LogP contribution in [0, 0.1) is 0 Å². The Morgan fingerprint density at radius 1 is 0.857 bits per heavy atom. The molecule has 3 aromatic carbocycles. The van der Waals surface area contributed by atoms with Crippen LogP contribution in [0.1, 0.15) is 30.4 Å². The summed E-state index contributed by atoms with van der Waals surface area (Å²) in [5.41, 5.74) is 4.38. The van der Waals surface area contributed by atoms with Crippen LogP contribution in [0.25, 0.3) is 5.57 Å². The summed E-state index contributed by atoms with van der Waals surface area (Å²) in [6.45, 7) is 0. The fourth-order valence-corrected chi connectivity index (χ4v) is 3.04. The van der Waals surface area contributed by atoms with E-state index < -0.39 is 0 Å². The molecule has 0 spiro atoms. The Bertz CT molecular complexity index is 859. The van der Waals surface area contributed by atoms with Crippen molar-refractivity contribution in [2.45, 2.75) is 19.3 Å². The third-order valence-corrected chi connectivity index (χ3v) is 4.50. The summed E-state index contributed by atoms with van der Waals surface area (Å²) in [5, 5.41) is 2.93. The summed E-state index contributed by atoms with van der Waals surface area (Å²) in [4.78, 5) is 12.2. The zero-order chi connectivity index (χ0) is 19.6. The largest absolute Gasteiger partial charge is 0.497 e. The highest BCUT2D eigenvalue weighted by atomic mass is 16.5. The van der Waals surface area contributed by atoms with Gasteiger partial charge in [-0.3, -0.25) is 4.79 Å². The minimum Gasteiger partial charge on any atom is -0.497 e. The van der Waals surface area contributed by atoms with E-state index in [2.05, 4.69) is 59.9 Å². The predicted molar refractivity (Wildman–Crippen MR) is 115 cm³/mol. The Labute approximate surface area is 166 Å². The van der Waals surface area contributed by atoms with Crippen molar-refractivity contribution in [2.24, 2.45) is 0 Å². The first kappa shape index (κ1) is 19.4. The topological polar surface area (TPSA) is 38.3 Å². The van der Waals surface area contributed by atoms with E-state index in [0.29, 0.717) is 6.42 Å². The van der Waals surface area contributed by atoms with Gasteiger partial charge in [0.2, 0.25) is 5.91 Å². The van der Waals surface area contributed by atoms with Crippen LogP contribution < -0.4 is 10.1 Å². The number of hydrogen-bond acceptors (Lipinski definition) is 2. The number of unbranched alkanes of at least 4 members (excludes halogenated alkanes) is 1. The van der Waals surface area contributed by atoms with Gasteiger partial charge in [0, 0.05) is 12.1 Å². The Kier molecular flexibility index (Phi) is 7.02. The molecule has 3 rings (SSSR count). The molecular weight excluding hydrogens is 346 g/mol. The van der Waals surface area contributed by atoms with Gasteiger partial charge in [-0.2, -0.15) is 0 Å². The van der Waals surface area contributed by atoms with Crippen molar-refractivity contribution in [3.05, 3.63) is 102 Å². The normalized spacial score (nSPS) is 10.2. The average molecular weight is 371 g/mol. The lowest BCUT2D eigenvalue weighted by atomic mass is 9.96. The second-order valence-electron chi connectivity index (χ2n) is 6.52. The predicted octanol–water partition coefficient (Wildman–Crippen LogP) is 5.94. The lowest BCUT2D eigenvalue weighted by Gasteiger charge is -2.09. The number of methoxy groups -OCH3 is 1. The fourth-order valence-electron chi connectivity index (χ4n) is 3.04. The van der Waals surface area contributed by atoms with Crippen LogP contribution in [-0.2, 0) is 4.79 Å². The number of ether oxygens (including phenoxy) is 1. The highest BCUT2D eigenvalue weighted by Crippen LogP contribution is 2.24. The van der Waals surface area contributed by atoms with Gasteiger partial charge in [-0.25, -0.2) is 0 Å². The summed E-state index contributed by atoms with van der Waals surface area (Å²) in [7, 11) is 1.63. The van der Waals surface area contributed by atoms with Crippen LogP contribution in [0.2, 0.25) is 0 Å². The maximum absolute atomic E-state index is 12.2. The molecule has 1 amide bonds. The summed E-state index contributed by atoms with van der Waals surface area (Å²) in [5.74, 6) is 0.803. The van der Waals surface area contributed by atoms with E-state index >= 15 is 0 Å². The number of rotatable bonds is 8. The first-order chi connectivity index (χ1) is 13.8. The Morgan fingerprint density at radius 2 is 1.43 bits per heavy atom. The van der Waals surface area contributed by atoms with Crippen LogP contribution in [0.5, 0.6) is 5.75 Å². The molecular formula is C25H25NO2. The molecule has 0 radical (unpaired) electrons. The van der Waals surface area contributed by atoms with Crippen molar-refractivity contribution in [1.82, 2.24) is 0 Å². The molecule has 0 unspecified atom stereocenters. The van der Waals surface area contributed by atoms with Crippen molar-refractivity contribution < 1.29 is 9.53 Å². The zero-order valence-electron chi connectivity index (χ0n) is 16.1. The molecule has 1 N–H and O–H groups in total. The van der Waals surface area contributed by atoms with E-state index in [1.54, 1.807) is 7.11 Å². The summed E-state index contributed by atoms with van der Waals surface area (Å²) in [6.07, 6.45) is 4.35. The molecule has 0 aliphatic heterocycles. The number of nitrogens with one attached hydrogen (secondary N) is 1. The van der Waals surface area contributed by atoms with Gasteiger partial charge >= 0.3 is 0 Å². The third-order valence-electron chi connectivity index (χ3n) is 4.50. The monoisotopic (exact) mass is 371 g/mol. The quantitative estimate of drug-likeness (QED) is 0.498. The third kappa shape index (κ3) is 5.58. The van der Waals surface area contributed by atoms with Crippen LogP contribution >= 0.6 is 0 Å². The molecule has 3 heteroatoms. The lowest BCUT2D eigenvalue weighted by molar-refractivity contribution is -0.116. The van der Waals surface area contributed by atoms with Gasteiger partial charge in [0.25, 0.3) is 0 Å². The van der Waals surface area contributed by atoms with E-state index in [0.717, 1.165) is 24.3 Å². The summed E-state index contributed by atoms with van der Waals surface area (Å²) >= 11 is 0. The molecule has 28 heavy (non-hydrogen) atoms. The molecule has 0 saturated carbocycles. The molecule has 142 valence electrons. The number of allylic oxidation sites excluding steroid dienone is 1. The standard InChI is InChI=1S/C25H25NO2/c1-28-23-18-16-22(17-19-23)26-25(27)15-9-8-14-24(20-10-4-2-5-11-20)21-12-6-3-7-13-21/h2-7,10-14,16-19H,8-9,15H2,1H3,(H,26,27). The van der Waals surface area contributed by atoms with E-state index in [4.69, 9.17) is 4.74 Å². The highest BCUT2D eigenvalue weighted by molar-refractivity contribution is 5.90. The number of carbonyl (C=O) groups excluding carboxylic acids is 1. The summed E-state index contributed by atoms with van der Waals surface area (Å²) in [6, 6.07) is 28.1. The van der Waals surface area contributed by atoms with Crippen molar-refractivity contribution in [1.29, 1.82) is 0 Å². The molecule has 0 heterocycles. The molecule has 0 atom stereocenters. The van der Waals surface area contributed by atoms with Crippen molar-refractivity contribution in [2.75, 3.05) is 12.4 Å². The first-order valence-corrected chi connectivity index (χ1v) is 9.51. The first-order valence-electron chi connectivity index (χ1n) is 9.51. The van der Waals surface area contributed by atoms with E-state index in [-0.39, 0.29) is 5.91 Å². The smallest absolute Gasteiger partial charge is 0.224 e. The van der Waals surface area contributed by atoms with Gasteiger partial charge in [0.05, 0.1) is 7.11 Å². The minimum atomic E-state index is 0.0274. The maximum Gasteiger partial charge on any atom is 0.224 e. The molecule has 0 aromatic heterocycles. The van der Waals surface area contributed by atoms with Gasteiger partial charge in [0.1, 0.15) is 5.75 Å².